The molecular weight excluding hydrogens is 496 g/mol. The summed E-state index contributed by atoms with van der Waals surface area (Å²) in [6.07, 6.45) is 0.376. The number of piperazine rings is 1. The Morgan fingerprint density at radius 1 is 1.00 bits per heavy atom. The normalized spacial score (nSPS) is 14.1. The Morgan fingerprint density at radius 2 is 1.67 bits per heavy atom. The zero-order valence-corrected chi connectivity index (χ0v) is 19.5. The van der Waals surface area contributed by atoms with Gasteiger partial charge in [-0.05, 0) is 17.7 Å². The molecule has 1 saturated heterocycles. The van der Waals surface area contributed by atoms with Crippen molar-refractivity contribution in [2.24, 2.45) is 4.99 Å². The van der Waals surface area contributed by atoms with Crippen molar-refractivity contribution >= 4 is 41.5 Å². The Morgan fingerprint density at radius 3 is 2.33 bits per heavy atom. The summed E-state index contributed by atoms with van der Waals surface area (Å²) in [5, 5.41) is 6.18. The van der Waals surface area contributed by atoms with Crippen molar-refractivity contribution in [1.29, 1.82) is 0 Å². The molecule has 1 amide bonds. The Balaban J connectivity index is 0.00000320. The molecule has 0 spiro atoms. The van der Waals surface area contributed by atoms with Gasteiger partial charge in [0, 0.05) is 52.7 Å². The maximum atomic E-state index is 14.0. The topological polar surface area (TPSA) is 60.0 Å². The first kappa shape index (κ1) is 23.9. The molecule has 0 bridgehead atoms. The van der Waals surface area contributed by atoms with E-state index in [2.05, 4.69) is 25.4 Å². The van der Waals surface area contributed by atoms with Crippen LogP contribution in [0.5, 0.6) is 0 Å². The molecule has 1 heterocycles. The number of amides is 1. The second-order valence-electron chi connectivity index (χ2n) is 6.91. The number of rotatable bonds is 6. The molecule has 3 rings (SSSR count). The number of para-hydroxylation sites is 1. The molecule has 0 unspecified atom stereocenters. The average molecular weight is 525 g/mol. The summed E-state index contributed by atoms with van der Waals surface area (Å²) in [5.74, 6) is 0.584. The highest BCUT2D eigenvalue weighted by Crippen LogP contribution is 2.20. The van der Waals surface area contributed by atoms with Gasteiger partial charge < -0.3 is 20.4 Å². The molecule has 1 aliphatic rings. The smallest absolute Gasteiger partial charge is 0.222 e. The predicted octanol–water partition coefficient (Wildman–Crippen LogP) is 2.85. The van der Waals surface area contributed by atoms with Crippen LogP contribution in [-0.2, 0) is 11.3 Å². The lowest BCUT2D eigenvalue weighted by atomic mass is 10.2. The maximum Gasteiger partial charge on any atom is 0.222 e. The van der Waals surface area contributed by atoms with E-state index < -0.39 is 0 Å². The SMILES string of the molecule is CN=C(NCCC(=O)NCc1ccccc1)N1CCN(c2ccccc2F)CC1.I. The molecule has 6 nitrogen and oxygen atoms in total. The van der Waals surface area contributed by atoms with E-state index in [1.165, 1.54) is 6.07 Å². The first-order valence-electron chi connectivity index (χ1n) is 9.93. The van der Waals surface area contributed by atoms with Gasteiger partial charge in [-0.2, -0.15) is 0 Å². The van der Waals surface area contributed by atoms with Gasteiger partial charge in [-0.15, -0.1) is 24.0 Å². The van der Waals surface area contributed by atoms with Crippen LogP contribution in [0, 0.1) is 5.82 Å². The van der Waals surface area contributed by atoms with E-state index >= 15 is 0 Å². The van der Waals surface area contributed by atoms with Crippen LogP contribution in [0.1, 0.15) is 12.0 Å². The van der Waals surface area contributed by atoms with Crippen molar-refractivity contribution in [2.75, 3.05) is 44.7 Å². The van der Waals surface area contributed by atoms with Crippen LogP contribution in [0.2, 0.25) is 0 Å². The molecule has 8 heteroatoms. The molecule has 30 heavy (non-hydrogen) atoms. The number of halogens is 2. The minimum atomic E-state index is -0.190. The zero-order valence-electron chi connectivity index (χ0n) is 17.2. The van der Waals surface area contributed by atoms with Crippen molar-refractivity contribution < 1.29 is 9.18 Å². The van der Waals surface area contributed by atoms with Gasteiger partial charge >= 0.3 is 0 Å². The van der Waals surface area contributed by atoms with Crippen molar-refractivity contribution in [2.45, 2.75) is 13.0 Å². The van der Waals surface area contributed by atoms with Crippen LogP contribution in [0.25, 0.3) is 0 Å². The number of aliphatic imine (C=N–C) groups is 1. The number of nitrogens with zero attached hydrogens (tertiary/aromatic N) is 3. The minimum Gasteiger partial charge on any atom is -0.366 e. The molecule has 2 N–H and O–H groups in total. The molecule has 0 aliphatic carbocycles. The molecule has 0 atom stereocenters. The van der Waals surface area contributed by atoms with E-state index in [9.17, 15) is 9.18 Å². The minimum absolute atomic E-state index is 0. The second kappa shape index (κ2) is 12.4. The van der Waals surface area contributed by atoms with Gasteiger partial charge in [-0.3, -0.25) is 9.79 Å². The lowest BCUT2D eigenvalue weighted by molar-refractivity contribution is -0.121. The number of hydrogen-bond acceptors (Lipinski definition) is 3. The number of hydrogen-bond donors (Lipinski definition) is 2. The van der Waals surface area contributed by atoms with Crippen LogP contribution < -0.4 is 15.5 Å². The fourth-order valence-electron chi connectivity index (χ4n) is 3.37. The fourth-order valence-corrected chi connectivity index (χ4v) is 3.37. The Hall–Kier alpha value is -2.36. The van der Waals surface area contributed by atoms with Gasteiger partial charge in [0.2, 0.25) is 5.91 Å². The first-order valence-corrected chi connectivity index (χ1v) is 9.93. The van der Waals surface area contributed by atoms with Crippen molar-refractivity contribution in [3.8, 4) is 0 Å². The summed E-state index contributed by atoms with van der Waals surface area (Å²) in [7, 11) is 1.74. The molecule has 2 aromatic carbocycles. The third-order valence-electron chi connectivity index (χ3n) is 4.95. The molecule has 2 aromatic rings. The Bertz CT molecular complexity index is 825. The molecular formula is C22H29FIN5O. The van der Waals surface area contributed by atoms with Gasteiger partial charge in [0.1, 0.15) is 5.82 Å². The van der Waals surface area contributed by atoms with Crippen LogP contribution in [0.4, 0.5) is 10.1 Å². The van der Waals surface area contributed by atoms with Gasteiger partial charge in [0.15, 0.2) is 5.96 Å². The van der Waals surface area contributed by atoms with Crippen LogP contribution >= 0.6 is 24.0 Å². The average Bonchev–Trinajstić information content (AvgIpc) is 2.77. The summed E-state index contributed by atoms with van der Waals surface area (Å²) < 4.78 is 14.0. The lowest BCUT2D eigenvalue weighted by Gasteiger charge is -2.37. The van der Waals surface area contributed by atoms with E-state index in [0.29, 0.717) is 25.2 Å². The highest BCUT2D eigenvalue weighted by molar-refractivity contribution is 14.0. The van der Waals surface area contributed by atoms with E-state index in [0.717, 1.165) is 37.7 Å². The van der Waals surface area contributed by atoms with Crippen molar-refractivity contribution in [3.05, 3.63) is 66.0 Å². The summed E-state index contributed by atoms with van der Waals surface area (Å²) in [4.78, 5) is 20.6. The van der Waals surface area contributed by atoms with Crippen LogP contribution in [0.3, 0.4) is 0 Å². The summed E-state index contributed by atoms with van der Waals surface area (Å²) in [5.41, 5.74) is 1.72. The number of carbonyl (C=O) groups excluding carboxylic acids is 1. The van der Waals surface area contributed by atoms with E-state index in [1.54, 1.807) is 13.1 Å². The number of guanidine groups is 1. The maximum absolute atomic E-state index is 14.0. The van der Waals surface area contributed by atoms with Crippen LogP contribution in [-0.4, -0.2) is 56.5 Å². The van der Waals surface area contributed by atoms with Gasteiger partial charge in [-0.1, -0.05) is 42.5 Å². The van der Waals surface area contributed by atoms with Crippen molar-refractivity contribution in [3.63, 3.8) is 0 Å². The molecule has 0 saturated carbocycles. The molecule has 0 radical (unpaired) electrons. The second-order valence-corrected chi connectivity index (χ2v) is 6.91. The lowest BCUT2D eigenvalue weighted by Crippen LogP contribution is -2.53. The summed E-state index contributed by atoms with van der Waals surface area (Å²) in [6.45, 7) is 3.98. The quantitative estimate of drug-likeness (QED) is 0.346. The van der Waals surface area contributed by atoms with Gasteiger partial charge in [0.05, 0.1) is 5.69 Å². The number of nitrogens with one attached hydrogen (secondary N) is 2. The zero-order chi connectivity index (χ0) is 20.5. The molecule has 0 aromatic heterocycles. The van der Waals surface area contributed by atoms with E-state index in [-0.39, 0.29) is 35.7 Å². The van der Waals surface area contributed by atoms with Crippen LogP contribution in [0.15, 0.2) is 59.6 Å². The fraction of sp³-hybridized carbons (Fsp3) is 0.364. The highest BCUT2D eigenvalue weighted by atomic mass is 127. The predicted molar refractivity (Wildman–Crippen MR) is 130 cm³/mol. The summed E-state index contributed by atoms with van der Waals surface area (Å²) in [6, 6.07) is 16.7. The first-order chi connectivity index (χ1) is 14.2. The van der Waals surface area contributed by atoms with Crippen molar-refractivity contribution in [1.82, 2.24) is 15.5 Å². The van der Waals surface area contributed by atoms with Gasteiger partial charge in [0.25, 0.3) is 0 Å². The van der Waals surface area contributed by atoms with E-state index in [1.807, 2.05) is 42.5 Å². The Kier molecular flexibility index (Phi) is 9.85. The standard InChI is InChI=1S/C22H28FN5O.HI/c1-24-22(25-12-11-21(29)26-17-18-7-3-2-4-8-18)28-15-13-27(14-16-28)20-10-6-5-9-19(20)23;/h2-10H,11-17H2,1H3,(H,24,25)(H,26,29);1H. The molecule has 1 fully saturated rings. The number of carbonyl (C=O) groups is 1. The Labute approximate surface area is 194 Å². The number of anilines is 1. The third kappa shape index (κ3) is 6.86. The number of benzene rings is 2. The summed E-state index contributed by atoms with van der Waals surface area (Å²) >= 11 is 0. The third-order valence-corrected chi connectivity index (χ3v) is 4.95. The largest absolute Gasteiger partial charge is 0.366 e. The monoisotopic (exact) mass is 525 g/mol. The highest BCUT2D eigenvalue weighted by Gasteiger charge is 2.21. The molecule has 1 aliphatic heterocycles. The molecule has 162 valence electrons. The van der Waals surface area contributed by atoms with Gasteiger partial charge in [-0.25, -0.2) is 4.39 Å². The van der Waals surface area contributed by atoms with E-state index in [4.69, 9.17) is 0 Å².